The molecule has 2 unspecified atom stereocenters. The Morgan fingerprint density at radius 2 is 0.938 bits per heavy atom. The Labute approximate surface area is 205 Å². The summed E-state index contributed by atoms with van der Waals surface area (Å²) in [5.41, 5.74) is 1.88. The summed E-state index contributed by atoms with van der Waals surface area (Å²) in [6, 6.07) is 0. The van der Waals surface area contributed by atoms with E-state index >= 15 is 0 Å². The molecule has 0 aromatic carbocycles. The van der Waals surface area contributed by atoms with E-state index in [4.69, 9.17) is 0 Å². The highest BCUT2D eigenvalue weighted by Crippen LogP contribution is 2.66. The minimum Gasteiger partial charge on any atom is -0.270 e. The SMILES string of the molecule is CCCCCN(CC)P(C1CCCCC1)N(C)P(C1CCCCC1)N(CC)CCCCC. The number of hydrogen-bond donors (Lipinski definition) is 0. The van der Waals surface area contributed by atoms with Crippen LogP contribution in [0.2, 0.25) is 0 Å². The van der Waals surface area contributed by atoms with Crippen molar-refractivity contribution in [2.24, 2.45) is 0 Å². The number of nitrogens with zero attached hydrogens (tertiary/aromatic N) is 3. The van der Waals surface area contributed by atoms with Crippen LogP contribution in [0.15, 0.2) is 0 Å². The topological polar surface area (TPSA) is 9.72 Å². The highest BCUT2D eigenvalue weighted by molar-refractivity contribution is 7.68. The molecule has 0 aromatic rings. The van der Waals surface area contributed by atoms with Gasteiger partial charge < -0.3 is 0 Å². The molecule has 0 N–H and O–H groups in total. The van der Waals surface area contributed by atoms with Crippen molar-refractivity contribution in [3.8, 4) is 0 Å². The zero-order chi connectivity index (χ0) is 23.2. The van der Waals surface area contributed by atoms with Crippen LogP contribution in [-0.2, 0) is 0 Å². The van der Waals surface area contributed by atoms with E-state index in [0.29, 0.717) is 0 Å². The summed E-state index contributed by atoms with van der Waals surface area (Å²) in [6.45, 7) is 14.7. The normalized spacial score (nSPS) is 21.0. The Balaban J connectivity index is 2.28. The molecule has 2 aliphatic rings. The van der Waals surface area contributed by atoms with Gasteiger partial charge in [-0.05, 0) is 45.6 Å². The van der Waals surface area contributed by atoms with Gasteiger partial charge in [-0.15, -0.1) is 0 Å². The van der Waals surface area contributed by atoms with Crippen molar-refractivity contribution in [3.63, 3.8) is 0 Å². The largest absolute Gasteiger partial charge is 0.270 e. The third kappa shape index (κ3) is 9.07. The molecule has 0 bridgehead atoms. The van der Waals surface area contributed by atoms with E-state index in [1.165, 1.54) is 129 Å². The van der Waals surface area contributed by atoms with Gasteiger partial charge in [0.2, 0.25) is 0 Å². The van der Waals surface area contributed by atoms with Gasteiger partial charge in [-0.3, -0.25) is 9.34 Å². The predicted octanol–water partition coefficient (Wildman–Crippen LogP) is 9.23. The summed E-state index contributed by atoms with van der Waals surface area (Å²) >= 11 is 0. The summed E-state index contributed by atoms with van der Waals surface area (Å²) < 4.78 is 9.00. The van der Waals surface area contributed by atoms with Crippen molar-refractivity contribution in [1.29, 1.82) is 0 Å². The van der Waals surface area contributed by atoms with Crippen molar-refractivity contribution < 1.29 is 0 Å². The maximum atomic E-state index is 3.06. The van der Waals surface area contributed by atoms with Crippen molar-refractivity contribution in [1.82, 2.24) is 13.8 Å². The molecule has 190 valence electrons. The Morgan fingerprint density at radius 1 is 0.562 bits per heavy atom. The molecular formula is C27H57N3P2. The smallest absolute Gasteiger partial charge is 0.0471 e. The van der Waals surface area contributed by atoms with Crippen LogP contribution < -0.4 is 0 Å². The molecule has 0 spiro atoms. The average Bonchev–Trinajstić information content (AvgIpc) is 2.84. The molecule has 2 rings (SSSR count). The molecule has 0 amide bonds. The van der Waals surface area contributed by atoms with Crippen LogP contribution in [0.25, 0.3) is 0 Å². The third-order valence-electron chi connectivity index (χ3n) is 7.74. The summed E-state index contributed by atoms with van der Waals surface area (Å²) in [4.78, 5) is 0. The first-order valence-electron chi connectivity index (χ1n) is 14.5. The third-order valence-corrected chi connectivity index (χ3v) is 14.5. The fourth-order valence-electron chi connectivity index (χ4n) is 5.92. The number of rotatable bonds is 16. The Bertz CT molecular complexity index is 412. The molecule has 5 heteroatoms. The second-order valence-electron chi connectivity index (χ2n) is 10.2. The quantitative estimate of drug-likeness (QED) is 0.159. The average molecular weight is 486 g/mol. The molecule has 2 aliphatic carbocycles. The van der Waals surface area contributed by atoms with Crippen LogP contribution in [-0.4, -0.2) is 58.3 Å². The lowest BCUT2D eigenvalue weighted by atomic mass is 10.0. The molecule has 2 atom stereocenters. The lowest BCUT2D eigenvalue weighted by molar-refractivity contribution is 0.396. The van der Waals surface area contributed by atoms with Gasteiger partial charge in [-0.25, -0.2) is 4.44 Å². The first-order valence-corrected chi connectivity index (χ1v) is 17.1. The highest BCUT2D eigenvalue weighted by Gasteiger charge is 2.39. The molecule has 32 heavy (non-hydrogen) atoms. The second kappa shape index (κ2) is 17.2. The fraction of sp³-hybridized carbons (Fsp3) is 1.00. The fourth-order valence-corrected chi connectivity index (χ4v) is 13.8. The number of hydrogen-bond acceptors (Lipinski definition) is 3. The molecule has 0 aromatic heterocycles. The van der Waals surface area contributed by atoms with E-state index in [1.54, 1.807) is 0 Å². The Morgan fingerprint density at radius 3 is 1.25 bits per heavy atom. The zero-order valence-electron chi connectivity index (χ0n) is 22.5. The summed E-state index contributed by atoms with van der Waals surface area (Å²) in [6.07, 6.45) is 23.0. The first kappa shape index (κ1) is 29.0. The van der Waals surface area contributed by atoms with Gasteiger partial charge in [0, 0.05) is 53.9 Å². The van der Waals surface area contributed by atoms with Gasteiger partial charge in [0.25, 0.3) is 0 Å². The molecule has 2 saturated carbocycles. The Hall–Kier alpha value is 0.740. The van der Waals surface area contributed by atoms with E-state index < -0.39 is 0 Å². The Kier molecular flexibility index (Phi) is 15.6. The maximum absolute atomic E-state index is 3.06. The zero-order valence-corrected chi connectivity index (χ0v) is 24.3. The van der Waals surface area contributed by atoms with Crippen LogP contribution in [0.3, 0.4) is 0 Å². The van der Waals surface area contributed by atoms with Crippen LogP contribution in [0, 0.1) is 0 Å². The molecule has 0 saturated heterocycles. The van der Waals surface area contributed by atoms with Crippen molar-refractivity contribution in [2.45, 2.75) is 142 Å². The summed E-state index contributed by atoms with van der Waals surface area (Å²) in [5.74, 6) is 0. The van der Waals surface area contributed by atoms with Gasteiger partial charge >= 0.3 is 0 Å². The summed E-state index contributed by atoms with van der Waals surface area (Å²) in [7, 11) is 2.21. The van der Waals surface area contributed by atoms with Crippen molar-refractivity contribution in [3.05, 3.63) is 0 Å². The first-order chi connectivity index (χ1) is 15.7. The van der Waals surface area contributed by atoms with E-state index in [2.05, 4.69) is 48.5 Å². The maximum Gasteiger partial charge on any atom is 0.0471 e. The van der Waals surface area contributed by atoms with Gasteiger partial charge in [-0.2, -0.15) is 0 Å². The van der Waals surface area contributed by atoms with E-state index in [0.717, 1.165) is 11.3 Å². The standard InChI is InChI=1S/C27H57N3P2/c1-6-10-18-24-29(8-3)31(26-20-14-12-15-21-26)28(5)32(27-22-16-13-17-23-27)30(9-4)25-19-11-7-2/h26-27H,6-25H2,1-5H3. The van der Waals surface area contributed by atoms with E-state index in [9.17, 15) is 0 Å². The van der Waals surface area contributed by atoms with Crippen molar-refractivity contribution >= 4 is 16.4 Å². The van der Waals surface area contributed by atoms with Gasteiger partial charge in [0.15, 0.2) is 0 Å². The lowest BCUT2D eigenvalue weighted by Crippen LogP contribution is -2.38. The van der Waals surface area contributed by atoms with Gasteiger partial charge in [0.1, 0.15) is 0 Å². The molecule has 0 radical (unpaired) electrons. The summed E-state index contributed by atoms with van der Waals surface area (Å²) in [5, 5.41) is 0. The molecule has 0 aliphatic heterocycles. The van der Waals surface area contributed by atoms with Crippen LogP contribution >= 0.6 is 16.4 Å². The van der Waals surface area contributed by atoms with Crippen LogP contribution in [0.4, 0.5) is 0 Å². The van der Waals surface area contributed by atoms with Crippen LogP contribution in [0.1, 0.15) is 130 Å². The lowest BCUT2D eigenvalue weighted by Gasteiger charge is -2.51. The van der Waals surface area contributed by atoms with Crippen molar-refractivity contribution in [2.75, 3.05) is 33.2 Å². The predicted molar refractivity (Wildman–Crippen MR) is 149 cm³/mol. The van der Waals surface area contributed by atoms with Gasteiger partial charge in [-0.1, -0.05) is 91.9 Å². The minimum atomic E-state index is -0.187. The monoisotopic (exact) mass is 485 g/mol. The minimum absolute atomic E-state index is 0.187. The molecule has 3 nitrogen and oxygen atoms in total. The molecule has 2 fully saturated rings. The molecular weight excluding hydrogens is 428 g/mol. The second-order valence-corrected chi connectivity index (χ2v) is 15.6. The van der Waals surface area contributed by atoms with E-state index in [1.807, 2.05) is 0 Å². The highest BCUT2D eigenvalue weighted by atomic mass is 31.2. The van der Waals surface area contributed by atoms with E-state index in [-0.39, 0.29) is 16.4 Å². The van der Waals surface area contributed by atoms with Gasteiger partial charge in [0.05, 0.1) is 0 Å². The molecule has 0 heterocycles. The number of unbranched alkanes of at least 4 members (excludes halogenated alkanes) is 4. The van der Waals surface area contributed by atoms with Crippen LogP contribution in [0.5, 0.6) is 0 Å².